The quantitative estimate of drug-likeness (QED) is 0.416. The fraction of sp³-hybridized carbons (Fsp3) is 0.515. The highest BCUT2D eigenvalue weighted by Crippen LogP contribution is 2.42. The molecular formula is C33H43ClN4O6S. The monoisotopic (exact) mass is 658 g/mol. The summed E-state index contributed by atoms with van der Waals surface area (Å²) in [6.07, 6.45) is 7.31. The van der Waals surface area contributed by atoms with Crippen LogP contribution in [-0.4, -0.2) is 70.7 Å². The summed E-state index contributed by atoms with van der Waals surface area (Å²) in [7, 11) is -0.870. The second kappa shape index (κ2) is 13.6. The zero-order valence-corrected chi connectivity index (χ0v) is 27.9. The zero-order valence-electron chi connectivity index (χ0n) is 26.3. The lowest BCUT2D eigenvalue weighted by Crippen LogP contribution is -2.54. The Bertz CT molecular complexity index is 1560. The van der Waals surface area contributed by atoms with Gasteiger partial charge < -0.3 is 24.6 Å². The van der Waals surface area contributed by atoms with Crippen molar-refractivity contribution in [2.45, 2.75) is 69.1 Å². The molecule has 2 aromatic rings. The van der Waals surface area contributed by atoms with Crippen LogP contribution in [0.5, 0.6) is 5.75 Å². The average molecular weight is 659 g/mol. The van der Waals surface area contributed by atoms with Crippen LogP contribution in [0.15, 0.2) is 53.4 Å². The summed E-state index contributed by atoms with van der Waals surface area (Å²) in [6.45, 7) is 5.12. The number of halogens is 1. The third kappa shape index (κ3) is 7.76. The number of sulfonamides is 1. The Labute approximate surface area is 271 Å². The molecule has 0 spiro atoms. The number of rotatable bonds is 1. The van der Waals surface area contributed by atoms with Crippen LogP contribution in [0.25, 0.3) is 0 Å². The van der Waals surface area contributed by atoms with Crippen LogP contribution in [0.4, 0.5) is 10.5 Å². The SMILES string of the molecule is CN(C)C(=O)O[C@@H]1/C=C/CNC(C)(C)C(=O)NS(=O)(=O)c2ccc3c(c2)N(CCCCc2cc(Cl)ccc2CO3)C[C@@H]2CC[C@H]21. The predicted molar refractivity (Wildman–Crippen MR) is 174 cm³/mol. The number of hydrogen-bond acceptors (Lipinski definition) is 8. The Morgan fingerprint density at radius 2 is 1.91 bits per heavy atom. The van der Waals surface area contributed by atoms with E-state index in [2.05, 4.69) is 14.9 Å². The standard InChI is InChI=1S/C33H43ClN4O6S/c1-33(2)31(39)36-45(41,42)26-13-15-30-28(19-26)38(17-6-5-8-22-18-25(34)12-10-24(22)21-43-30)20-23-11-14-27(23)29(9-7-16-35-33)44-32(40)37(3)4/h7,9-10,12-13,15,18-19,23,27,29,35H,5-6,8,11,14,16-17,20-21H2,1-4H3,(H,36,39)/b9-7+/t23-,27+,29+/m0/s1. The summed E-state index contributed by atoms with van der Waals surface area (Å²) < 4.78 is 41.7. The van der Waals surface area contributed by atoms with Gasteiger partial charge in [-0.15, -0.1) is 0 Å². The molecule has 1 saturated carbocycles. The van der Waals surface area contributed by atoms with Crippen molar-refractivity contribution >= 4 is 39.3 Å². The number of carbonyl (C=O) groups excluding carboxylic acids is 2. The van der Waals surface area contributed by atoms with Crippen molar-refractivity contribution in [2.24, 2.45) is 11.8 Å². The first-order valence-electron chi connectivity index (χ1n) is 15.5. The third-order valence-electron chi connectivity index (χ3n) is 8.99. The zero-order chi connectivity index (χ0) is 32.4. The largest absolute Gasteiger partial charge is 0.487 e. The number of carbonyl (C=O) groups is 2. The Morgan fingerprint density at radius 1 is 1.11 bits per heavy atom. The molecular weight excluding hydrogens is 616 g/mol. The maximum atomic E-state index is 13.5. The molecule has 2 aromatic carbocycles. The van der Waals surface area contributed by atoms with E-state index in [9.17, 15) is 18.0 Å². The molecule has 0 radical (unpaired) electrons. The summed E-state index contributed by atoms with van der Waals surface area (Å²) in [5.74, 6) is 0.145. The second-order valence-corrected chi connectivity index (χ2v) is 15.0. The fourth-order valence-electron chi connectivity index (χ4n) is 6.02. The van der Waals surface area contributed by atoms with Gasteiger partial charge in [0.1, 0.15) is 18.5 Å². The van der Waals surface area contributed by atoms with Crippen LogP contribution >= 0.6 is 11.6 Å². The molecule has 1 aliphatic carbocycles. The summed E-state index contributed by atoms with van der Waals surface area (Å²) in [6, 6.07) is 10.6. The lowest BCUT2D eigenvalue weighted by atomic mass is 9.70. The highest BCUT2D eigenvalue weighted by atomic mass is 35.5. The molecule has 0 saturated heterocycles. The first-order valence-corrected chi connectivity index (χ1v) is 17.4. The van der Waals surface area contributed by atoms with Gasteiger partial charge in [-0.1, -0.05) is 23.7 Å². The molecule has 45 heavy (non-hydrogen) atoms. The third-order valence-corrected chi connectivity index (χ3v) is 10.6. The molecule has 2 N–H and O–H groups in total. The van der Waals surface area contributed by atoms with Gasteiger partial charge in [0, 0.05) is 44.7 Å². The number of nitrogens with one attached hydrogen (secondary N) is 2. The van der Waals surface area contributed by atoms with Crippen molar-refractivity contribution < 1.29 is 27.5 Å². The van der Waals surface area contributed by atoms with Gasteiger partial charge in [0.15, 0.2) is 0 Å². The van der Waals surface area contributed by atoms with Crippen LogP contribution in [-0.2, 0) is 32.6 Å². The minimum atomic E-state index is -4.19. The second-order valence-electron chi connectivity index (χ2n) is 12.8. The van der Waals surface area contributed by atoms with Gasteiger partial charge in [-0.05, 0) is 99.4 Å². The predicted octanol–water partition coefficient (Wildman–Crippen LogP) is 4.90. The molecule has 3 atom stereocenters. The number of anilines is 1. The van der Waals surface area contributed by atoms with Gasteiger partial charge in [-0.2, -0.15) is 0 Å². The Kier molecular flexibility index (Phi) is 10.0. The van der Waals surface area contributed by atoms with E-state index in [1.165, 1.54) is 11.0 Å². The molecule has 10 nitrogen and oxygen atoms in total. The fourth-order valence-corrected chi connectivity index (χ4v) is 7.34. The molecule has 1 fully saturated rings. The first kappa shape index (κ1) is 33.1. The van der Waals surface area contributed by atoms with E-state index in [4.69, 9.17) is 21.1 Å². The number of fused-ring (bicyclic) bond motifs is 3. The molecule has 5 rings (SSSR count). The molecule has 12 heteroatoms. The molecule has 244 valence electrons. The van der Waals surface area contributed by atoms with Crippen LogP contribution in [0, 0.1) is 11.8 Å². The normalized spacial score (nSPS) is 25.5. The molecule has 2 heterocycles. The van der Waals surface area contributed by atoms with E-state index in [0.717, 1.165) is 43.2 Å². The van der Waals surface area contributed by atoms with Gasteiger partial charge in [-0.25, -0.2) is 17.9 Å². The van der Waals surface area contributed by atoms with E-state index in [-0.39, 0.29) is 23.3 Å². The van der Waals surface area contributed by atoms with Gasteiger partial charge >= 0.3 is 6.09 Å². The Balaban J connectivity index is 1.56. The van der Waals surface area contributed by atoms with Crippen LogP contribution in [0.3, 0.4) is 0 Å². The van der Waals surface area contributed by atoms with Crippen molar-refractivity contribution in [1.29, 1.82) is 0 Å². The lowest BCUT2D eigenvalue weighted by Gasteiger charge is -2.43. The van der Waals surface area contributed by atoms with Crippen molar-refractivity contribution in [3.05, 3.63) is 64.7 Å². The van der Waals surface area contributed by atoms with Crippen molar-refractivity contribution in [1.82, 2.24) is 14.9 Å². The van der Waals surface area contributed by atoms with Crippen LogP contribution < -0.4 is 19.7 Å². The molecule has 3 aliphatic rings. The van der Waals surface area contributed by atoms with E-state index >= 15 is 0 Å². The van der Waals surface area contributed by atoms with Gasteiger partial charge in [0.2, 0.25) is 0 Å². The Hall–Kier alpha value is -3.28. The molecule has 0 aromatic heterocycles. The van der Waals surface area contributed by atoms with Crippen molar-refractivity contribution in [3.8, 4) is 5.75 Å². The number of aryl methyl sites for hydroxylation is 1. The van der Waals surface area contributed by atoms with Crippen LogP contribution in [0.1, 0.15) is 50.7 Å². The smallest absolute Gasteiger partial charge is 0.409 e. The number of amides is 2. The maximum absolute atomic E-state index is 13.5. The molecule has 2 bridgehead atoms. The van der Waals surface area contributed by atoms with Crippen molar-refractivity contribution in [2.75, 3.05) is 38.6 Å². The lowest BCUT2D eigenvalue weighted by molar-refractivity contribution is -0.124. The van der Waals surface area contributed by atoms with Gasteiger partial charge in [0.25, 0.3) is 15.9 Å². The molecule has 0 unspecified atom stereocenters. The summed E-state index contributed by atoms with van der Waals surface area (Å²) in [4.78, 5) is 29.4. The van der Waals surface area contributed by atoms with Gasteiger partial charge in [0.05, 0.1) is 16.1 Å². The summed E-state index contributed by atoms with van der Waals surface area (Å²) >= 11 is 6.32. The first-order chi connectivity index (χ1) is 21.3. The van der Waals surface area contributed by atoms with Gasteiger partial charge in [-0.3, -0.25) is 4.79 Å². The maximum Gasteiger partial charge on any atom is 0.409 e. The minimum Gasteiger partial charge on any atom is -0.487 e. The average Bonchev–Trinajstić information content (AvgIpc) is 2.99. The molecule has 2 aliphatic heterocycles. The topological polar surface area (TPSA) is 117 Å². The van der Waals surface area contributed by atoms with E-state index in [1.54, 1.807) is 40.1 Å². The Morgan fingerprint density at radius 3 is 2.64 bits per heavy atom. The summed E-state index contributed by atoms with van der Waals surface area (Å²) in [5, 5.41) is 3.79. The van der Waals surface area contributed by atoms with E-state index < -0.39 is 33.7 Å². The van der Waals surface area contributed by atoms with E-state index in [1.807, 2.05) is 30.4 Å². The minimum absolute atomic E-state index is 0.0176. The number of ether oxygens (including phenoxy) is 2. The van der Waals surface area contributed by atoms with Crippen molar-refractivity contribution in [3.63, 3.8) is 0 Å². The number of hydrogen-bond donors (Lipinski definition) is 2. The number of nitrogens with zero attached hydrogens (tertiary/aromatic N) is 2. The van der Waals surface area contributed by atoms with E-state index in [0.29, 0.717) is 36.2 Å². The molecule has 2 amide bonds. The highest BCUT2D eigenvalue weighted by molar-refractivity contribution is 7.90. The number of benzene rings is 2. The van der Waals surface area contributed by atoms with Crippen LogP contribution in [0.2, 0.25) is 5.02 Å². The highest BCUT2D eigenvalue weighted by Gasteiger charge is 2.40. The summed E-state index contributed by atoms with van der Waals surface area (Å²) in [5.41, 5.74) is 1.61.